The van der Waals surface area contributed by atoms with Crippen LogP contribution in [0.15, 0.2) is 34.6 Å². The van der Waals surface area contributed by atoms with Gasteiger partial charge in [-0.15, -0.1) is 11.3 Å². The molecular formula is C17H24FN3S. The normalized spacial score (nSPS) is 12.3. The van der Waals surface area contributed by atoms with Crippen LogP contribution in [0.4, 0.5) is 10.1 Å². The highest BCUT2D eigenvalue weighted by atomic mass is 32.1. The molecule has 1 aromatic carbocycles. The first-order chi connectivity index (χ1) is 10.7. The van der Waals surface area contributed by atoms with Gasteiger partial charge in [-0.1, -0.05) is 26.0 Å². The lowest BCUT2D eigenvalue weighted by Crippen LogP contribution is -2.26. The number of para-hydroxylation sites is 1. The fourth-order valence-corrected chi connectivity index (χ4v) is 3.33. The van der Waals surface area contributed by atoms with E-state index in [0.29, 0.717) is 5.69 Å². The van der Waals surface area contributed by atoms with Gasteiger partial charge in [0.1, 0.15) is 11.5 Å². The van der Waals surface area contributed by atoms with Crippen LogP contribution < -0.4 is 4.80 Å². The van der Waals surface area contributed by atoms with E-state index in [4.69, 9.17) is 0 Å². The Labute approximate surface area is 135 Å². The van der Waals surface area contributed by atoms with Crippen molar-refractivity contribution in [3.05, 3.63) is 46.0 Å². The van der Waals surface area contributed by atoms with E-state index in [2.05, 4.69) is 40.6 Å². The van der Waals surface area contributed by atoms with E-state index < -0.39 is 0 Å². The molecule has 0 bridgehead atoms. The number of thiazole rings is 1. The van der Waals surface area contributed by atoms with Gasteiger partial charge in [0.2, 0.25) is 0 Å². The molecule has 0 aliphatic rings. The second-order valence-electron chi connectivity index (χ2n) is 5.25. The highest BCUT2D eigenvalue weighted by Gasteiger charge is 2.05. The van der Waals surface area contributed by atoms with Gasteiger partial charge in [-0.3, -0.25) is 0 Å². The van der Waals surface area contributed by atoms with Crippen molar-refractivity contribution < 1.29 is 4.39 Å². The molecule has 1 heterocycles. The maximum absolute atomic E-state index is 13.8. The molecule has 0 unspecified atom stereocenters. The molecule has 1 aromatic heterocycles. The minimum absolute atomic E-state index is 0.275. The Morgan fingerprint density at radius 1 is 1.23 bits per heavy atom. The maximum atomic E-state index is 13.8. The minimum atomic E-state index is -0.275. The van der Waals surface area contributed by atoms with Crippen molar-refractivity contribution in [2.75, 3.05) is 19.6 Å². The summed E-state index contributed by atoms with van der Waals surface area (Å²) in [6, 6.07) is 6.66. The maximum Gasteiger partial charge on any atom is 0.190 e. The van der Waals surface area contributed by atoms with Gasteiger partial charge in [-0.25, -0.2) is 9.38 Å². The Kier molecular flexibility index (Phi) is 6.34. The molecule has 0 spiro atoms. The number of benzene rings is 1. The summed E-state index contributed by atoms with van der Waals surface area (Å²) in [5, 5.41) is 2.08. The van der Waals surface area contributed by atoms with E-state index in [9.17, 15) is 4.39 Å². The summed E-state index contributed by atoms with van der Waals surface area (Å²) >= 11 is 1.57. The third-order valence-corrected chi connectivity index (χ3v) is 4.79. The SMILES string of the molecule is CCN(CC)CCCn1c(C)csc1=Nc1ccccc1F. The molecule has 0 aliphatic carbocycles. The highest BCUT2D eigenvalue weighted by molar-refractivity contribution is 7.07. The van der Waals surface area contributed by atoms with Gasteiger partial charge in [0, 0.05) is 17.6 Å². The van der Waals surface area contributed by atoms with Gasteiger partial charge < -0.3 is 9.47 Å². The van der Waals surface area contributed by atoms with Gasteiger partial charge in [0.25, 0.3) is 0 Å². The van der Waals surface area contributed by atoms with E-state index in [1.54, 1.807) is 23.5 Å². The first kappa shape index (κ1) is 16.9. The number of nitrogens with zero attached hydrogens (tertiary/aromatic N) is 3. The Hall–Kier alpha value is -1.46. The number of aromatic nitrogens is 1. The van der Waals surface area contributed by atoms with Crippen LogP contribution in [0, 0.1) is 12.7 Å². The summed E-state index contributed by atoms with van der Waals surface area (Å²) in [5.41, 5.74) is 1.58. The third-order valence-electron chi connectivity index (χ3n) is 3.81. The van der Waals surface area contributed by atoms with Crippen LogP contribution in [0.5, 0.6) is 0 Å². The quantitative estimate of drug-likeness (QED) is 0.756. The predicted molar refractivity (Wildman–Crippen MR) is 91.1 cm³/mol. The summed E-state index contributed by atoms with van der Waals surface area (Å²) < 4.78 is 15.9. The van der Waals surface area contributed by atoms with Gasteiger partial charge in [-0.05, 0) is 45.1 Å². The van der Waals surface area contributed by atoms with Crippen molar-refractivity contribution in [3.63, 3.8) is 0 Å². The zero-order valence-corrected chi connectivity index (χ0v) is 14.4. The lowest BCUT2D eigenvalue weighted by molar-refractivity contribution is 0.292. The first-order valence-corrected chi connectivity index (χ1v) is 8.70. The zero-order valence-electron chi connectivity index (χ0n) is 13.6. The van der Waals surface area contributed by atoms with Gasteiger partial charge >= 0.3 is 0 Å². The Balaban J connectivity index is 2.16. The summed E-state index contributed by atoms with van der Waals surface area (Å²) in [7, 11) is 0. The molecule has 0 fully saturated rings. The summed E-state index contributed by atoms with van der Waals surface area (Å²) in [5.74, 6) is -0.275. The van der Waals surface area contributed by atoms with E-state index in [0.717, 1.165) is 37.4 Å². The molecule has 2 aromatic rings. The van der Waals surface area contributed by atoms with Crippen LogP contribution in [0.25, 0.3) is 0 Å². The fraction of sp³-hybridized carbons (Fsp3) is 0.471. The van der Waals surface area contributed by atoms with Crippen LogP contribution in [0.3, 0.4) is 0 Å². The predicted octanol–water partition coefficient (Wildman–Crippen LogP) is 3.96. The molecule has 0 saturated heterocycles. The van der Waals surface area contributed by atoms with E-state index in [-0.39, 0.29) is 5.82 Å². The van der Waals surface area contributed by atoms with Crippen LogP contribution in [0.1, 0.15) is 26.0 Å². The molecule has 22 heavy (non-hydrogen) atoms. The van der Waals surface area contributed by atoms with Crippen molar-refractivity contribution in [2.45, 2.75) is 33.7 Å². The van der Waals surface area contributed by atoms with Crippen LogP contribution in [-0.2, 0) is 6.54 Å². The monoisotopic (exact) mass is 321 g/mol. The molecule has 120 valence electrons. The molecule has 0 N–H and O–H groups in total. The first-order valence-electron chi connectivity index (χ1n) is 7.82. The Bertz CT molecular complexity index is 656. The lowest BCUT2D eigenvalue weighted by atomic mass is 10.3. The van der Waals surface area contributed by atoms with Crippen molar-refractivity contribution in [1.82, 2.24) is 9.47 Å². The van der Waals surface area contributed by atoms with Gasteiger partial charge in [0.05, 0.1) is 0 Å². The lowest BCUT2D eigenvalue weighted by Gasteiger charge is -2.18. The van der Waals surface area contributed by atoms with Crippen molar-refractivity contribution in [3.8, 4) is 0 Å². The number of hydrogen-bond donors (Lipinski definition) is 0. The summed E-state index contributed by atoms with van der Waals surface area (Å²) in [6.07, 6.45) is 1.07. The average molecular weight is 321 g/mol. The van der Waals surface area contributed by atoms with E-state index in [1.165, 1.54) is 11.8 Å². The van der Waals surface area contributed by atoms with Gasteiger partial charge in [0.15, 0.2) is 4.80 Å². The molecule has 5 heteroatoms. The third kappa shape index (κ3) is 4.27. The number of aryl methyl sites for hydroxylation is 1. The van der Waals surface area contributed by atoms with Gasteiger partial charge in [-0.2, -0.15) is 0 Å². The number of halogens is 1. The van der Waals surface area contributed by atoms with Crippen LogP contribution >= 0.6 is 11.3 Å². The topological polar surface area (TPSA) is 20.5 Å². The molecule has 0 radical (unpaired) electrons. The second-order valence-corrected chi connectivity index (χ2v) is 6.09. The summed E-state index contributed by atoms with van der Waals surface area (Å²) in [4.78, 5) is 7.77. The minimum Gasteiger partial charge on any atom is -0.321 e. The largest absolute Gasteiger partial charge is 0.321 e. The zero-order chi connectivity index (χ0) is 15.9. The molecule has 0 amide bonds. The fourth-order valence-electron chi connectivity index (χ4n) is 2.41. The van der Waals surface area contributed by atoms with Crippen LogP contribution in [-0.4, -0.2) is 29.1 Å². The summed E-state index contributed by atoms with van der Waals surface area (Å²) in [6.45, 7) is 10.6. The molecule has 0 atom stereocenters. The van der Waals surface area contributed by atoms with Crippen molar-refractivity contribution in [1.29, 1.82) is 0 Å². The number of hydrogen-bond acceptors (Lipinski definition) is 3. The average Bonchev–Trinajstić information content (AvgIpc) is 2.87. The second kappa shape index (κ2) is 8.25. The smallest absolute Gasteiger partial charge is 0.190 e. The highest BCUT2D eigenvalue weighted by Crippen LogP contribution is 2.16. The van der Waals surface area contributed by atoms with Crippen molar-refractivity contribution in [2.24, 2.45) is 4.99 Å². The van der Waals surface area contributed by atoms with E-state index in [1.807, 2.05) is 6.07 Å². The Morgan fingerprint density at radius 3 is 2.64 bits per heavy atom. The molecule has 3 nitrogen and oxygen atoms in total. The van der Waals surface area contributed by atoms with E-state index >= 15 is 0 Å². The van der Waals surface area contributed by atoms with Crippen molar-refractivity contribution >= 4 is 17.0 Å². The standard InChI is InChI=1S/C17H24FN3S/c1-4-20(5-2)11-8-12-21-14(3)13-22-17(21)19-16-10-7-6-9-15(16)18/h6-7,9-10,13H,4-5,8,11-12H2,1-3H3. The molecule has 0 aliphatic heterocycles. The van der Waals surface area contributed by atoms with Crippen LogP contribution in [0.2, 0.25) is 0 Å². The molecule has 2 rings (SSSR count). The molecular weight excluding hydrogens is 297 g/mol. The number of rotatable bonds is 7. The Morgan fingerprint density at radius 2 is 1.95 bits per heavy atom. The molecule has 0 saturated carbocycles.